The van der Waals surface area contributed by atoms with E-state index in [1.54, 1.807) is 0 Å². The highest BCUT2D eigenvalue weighted by Crippen LogP contribution is 2.68. The third-order valence-electron chi connectivity index (χ3n) is 3.33. The van der Waals surface area contributed by atoms with E-state index in [0.717, 1.165) is 0 Å². The zero-order chi connectivity index (χ0) is 15.9. The molecule has 0 saturated carbocycles. The fourth-order valence-corrected chi connectivity index (χ4v) is 14.1. The third kappa shape index (κ3) is 3.42. The van der Waals surface area contributed by atoms with Crippen LogP contribution in [0.5, 0.6) is 0 Å². The summed E-state index contributed by atoms with van der Waals surface area (Å²) in [6.07, 6.45) is 0. The van der Waals surface area contributed by atoms with E-state index < -0.39 is 0 Å². The van der Waals surface area contributed by atoms with Gasteiger partial charge in [0.1, 0.15) is 0 Å². The summed E-state index contributed by atoms with van der Waals surface area (Å²) < 4.78 is 8.96. The van der Waals surface area contributed by atoms with E-state index in [2.05, 4.69) is 35.7 Å². The average molecular weight is 459 g/mol. The van der Waals surface area contributed by atoms with Gasteiger partial charge in [0.05, 0.1) is 25.4 Å². The van der Waals surface area contributed by atoms with Gasteiger partial charge in [-0.1, -0.05) is 101 Å². The molecule has 0 aromatic heterocycles. The molecule has 0 radical (unpaired) electrons. The van der Waals surface area contributed by atoms with Gasteiger partial charge in [-0.2, -0.15) is 0 Å². The quantitative estimate of drug-likeness (QED) is 0.407. The van der Waals surface area contributed by atoms with Gasteiger partial charge < -0.3 is 0 Å². The van der Waals surface area contributed by atoms with Gasteiger partial charge in [0, 0.05) is 16.4 Å². The largest absolute Gasteiger partial charge is 0.116 e. The number of hydrogen-bond acceptors (Lipinski definition) is 8. The number of thioether (sulfide) groups is 8. The molecule has 1 aromatic rings. The minimum atomic E-state index is 1.25. The normalized spacial score (nSPS) is 23.6. The molecule has 0 spiro atoms. The zero-order valence-corrected chi connectivity index (χ0v) is 18.7. The van der Waals surface area contributed by atoms with Crippen LogP contribution in [-0.4, -0.2) is 11.5 Å². The molecule has 0 unspecified atom stereocenters. The molecule has 0 bridgehead atoms. The highest BCUT2D eigenvalue weighted by atomic mass is 32.3. The van der Waals surface area contributed by atoms with Crippen LogP contribution in [0.3, 0.4) is 0 Å². The zero-order valence-electron chi connectivity index (χ0n) is 12.1. The third-order valence-corrected chi connectivity index (χ3v) is 15.1. The predicted octanol–water partition coefficient (Wildman–Crippen LogP) is 8.28. The highest BCUT2D eigenvalue weighted by molar-refractivity contribution is 8.46. The summed E-state index contributed by atoms with van der Waals surface area (Å²) in [5.74, 6) is 2.51. The first kappa shape index (κ1) is 17.1. The molecule has 4 aliphatic heterocycles. The molecule has 0 atom stereocenters. The standard InChI is InChI=1S/C16H10S8/c1-2-4-9(5-3-1)10-8-19-13-14(20-10)24-16(23-13)15-21-11-12(22-15)18-7-6-17-11/h1-5,8H,6-7H2. The lowest BCUT2D eigenvalue weighted by Gasteiger charge is -2.12. The molecule has 0 nitrogen and oxygen atoms in total. The summed E-state index contributed by atoms with van der Waals surface area (Å²) >= 11 is 15.8. The van der Waals surface area contributed by atoms with Gasteiger partial charge >= 0.3 is 0 Å². The van der Waals surface area contributed by atoms with Crippen molar-refractivity contribution in [3.05, 3.63) is 66.7 Å². The molecule has 8 heteroatoms. The minimum absolute atomic E-state index is 1.25. The van der Waals surface area contributed by atoms with E-state index in [9.17, 15) is 0 Å². The Labute approximate surface area is 175 Å². The Morgan fingerprint density at radius 3 is 1.88 bits per heavy atom. The van der Waals surface area contributed by atoms with Crippen LogP contribution in [-0.2, 0) is 0 Å². The van der Waals surface area contributed by atoms with Crippen LogP contribution in [0.1, 0.15) is 5.56 Å². The van der Waals surface area contributed by atoms with Crippen molar-refractivity contribution >= 4 is 99.0 Å². The van der Waals surface area contributed by atoms with Gasteiger partial charge in [0.2, 0.25) is 0 Å². The first-order chi connectivity index (χ1) is 11.9. The smallest absolute Gasteiger partial charge is 0.0718 e. The SMILES string of the molecule is C1=C(c2ccccc2)SC2=C(S1)SC(=C1SC3=C(SCCS3)S1)S2. The number of rotatable bonds is 1. The van der Waals surface area contributed by atoms with Crippen molar-refractivity contribution in [3.63, 3.8) is 0 Å². The van der Waals surface area contributed by atoms with Crippen molar-refractivity contribution < 1.29 is 0 Å². The average Bonchev–Trinajstić information content (AvgIpc) is 3.25. The van der Waals surface area contributed by atoms with Gasteiger partial charge in [0.25, 0.3) is 0 Å². The molecule has 4 aliphatic rings. The van der Waals surface area contributed by atoms with Crippen molar-refractivity contribution in [1.82, 2.24) is 0 Å². The fourth-order valence-electron chi connectivity index (χ4n) is 2.25. The molecule has 0 N–H and O–H groups in total. The van der Waals surface area contributed by atoms with E-state index in [1.165, 1.54) is 47.4 Å². The van der Waals surface area contributed by atoms with Gasteiger partial charge in [-0.05, 0) is 11.0 Å². The number of benzene rings is 1. The molecule has 0 amide bonds. The van der Waals surface area contributed by atoms with E-state index in [4.69, 9.17) is 0 Å². The molecule has 4 heterocycles. The maximum Gasteiger partial charge on any atom is 0.0718 e. The Bertz CT molecular complexity index is 798. The molecular weight excluding hydrogens is 449 g/mol. The van der Waals surface area contributed by atoms with Crippen LogP contribution in [0.4, 0.5) is 0 Å². The first-order valence-corrected chi connectivity index (χ1v) is 14.1. The summed E-state index contributed by atoms with van der Waals surface area (Å²) in [6.45, 7) is 0. The highest BCUT2D eigenvalue weighted by Gasteiger charge is 2.33. The Balaban J connectivity index is 1.32. The Morgan fingerprint density at radius 1 is 0.583 bits per heavy atom. The second-order valence-electron chi connectivity index (χ2n) is 4.90. The summed E-state index contributed by atoms with van der Waals surface area (Å²) in [5, 5.41) is 2.31. The molecule has 0 saturated heterocycles. The van der Waals surface area contributed by atoms with Crippen molar-refractivity contribution in [3.8, 4) is 0 Å². The molecule has 122 valence electrons. The predicted molar refractivity (Wildman–Crippen MR) is 126 cm³/mol. The lowest BCUT2D eigenvalue weighted by atomic mass is 10.2. The van der Waals surface area contributed by atoms with Gasteiger partial charge in [0.15, 0.2) is 0 Å². The van der Waals surface area contributed by atoms with Crippen LogP contribution >= 0.6 is 94.1 Å². The van der Waals surface area contributed by atoms with Crippen LogP contribution in [0.2, 0.25) is 0 Å². The number of hydrogen-bond donors (Lipinski definition) is 0. The molecule has 0 aliphatic carbocycles. The monoisotopic (exact) mass is 458 g/mol. The molecule has 5 rings (SSSR count). The molecule has 0 fully saturated rings. The maximum absolute atomic E-state index is 2.31. The minimum Gasteiger partial charge on any atom is -0.116 e. The fraction of sp³-hybridized carbons (Fsp3) is 0.125. The van der Waals surface area contributed by atoms with Crippen molar-refractivity contribution in [2.45, 2.75) is 0 Å². The molecular formula is C16H10S8. The summed E-state index contributed by atoms with van der Waals surface area (Å²) in [4.78, 5) is 1.37. The van der Waals surface area contributed by atoms with Crippen LogP contribution in [0.25, 0.3) is 4.91 Å². The van der Waals surface area contributed by atoms with E-state index in [1.807, 2.05) is 94.1 Å². The van der Waals surface area contributed by atoms with E-state index in [-0.39, 0.29) is 0 Å². The topological polar surface area (TPSA) is 0 Å². The summed E-state index contributed by atoms with van der Waals surface area (Å²) in [6, 6.07) is 10.7. The van der Waals surface area contributed by atoms with Crippen LogP contribution in [0.15, 0.2) is 61.2 Å². The Morgan fingerprint density at radius 2 is 1.17 bits per heavy atom. The maximum atomic E-state index is 2.31. The molecule has 1 aromatic carbocycles. The Kier molecular flexibility index (Phi) is 5.37. The Hall–Kier alpha value is 0.980. The van der Waals surface area contributed by atoms with Crippen LogP contribution in [0, 0.1) is 0 Å². The lowest BCUT2D eigenvalue weighted by molar-refractivity contribution is 1.56. The second-order valence-corrected chi connectivity index (χ2v) is 14.7. The van der Waals surface area contributed by atoms with Crippen molar-refractivity contribution in [2.24, 2.45) is 0 Å². The van der Waals surface area contributed by atoms with Gasteiger partial charge in [-0.25, -0.2) is 0 Å². The van der Waals surface area contributed by atoms with E-state index >= 15 is 0 Å². The first-order valence-electron chi connectivity index (χ1n) is 7.17. The van der Waals surface area contributed by atoms with Crippen LogP contribution < -0.4 is 0 Å². The lowest BCUT2D eigenvalue weighted by Crippen LogP contribution is -1.88. The van der Waals surface area contributed by atoms with Gasteiger partial charge in [-0.3, -0.25) is 0 Å². The van der Waals surface area contributed by atoms with Crippen molar-refractivity contribution in [2.75, 3.05) is 11.5 Å². The summed E-state index contributed by atoms with van der Waals surface area (Å²) in [5.41, 5.74) is 1.32. The summed E-state index contributed by atoms with van der Waals surface area (Å²) in [7, 11) is 0. The van der Waals surface area contributed by atoms with E-state index in [0.29, 0.717) is 0 Å². The molecule has 24 heavy (non-hydrogen) atoms. The van der Waals surface area contributed by atoms with Crippen molar-refractivity contribution in [1.29, 1.82) is 0 Å². The second kappa shape index (κ2) is 7.54. The van der Waals surface area contributed by atoms with Gasteiger partial charge in [-0.15, -0.1) is 23.5 Å².